The van der Waals surface area contributed by atoms with Crippen LogP contribution in [0.3, 0.4) is 0 Å². The van der Waals surface area contributed by atoms with Crippen molar-refractivity contribution < 1.29 is 18.3 Å². The van der Waals surface area contributed by atoms with Gasteiger partial charge in [-0.2, -0.15) is 0 Å². The number of nitrogens with one attached hydrogen (secondary N) is 1. The van der Waals surface area contributed by atoms with Crippen LogP contribution in [0, 0.1) is 16.4 Å². The number of imidazole rings is 1. The van der Waals surface area contributed by atoms with E-state index in [1.54, 1.807) is 4.57 Å². The number of ether oxygens (including phenoxy) is 1. The minimum atomic E-state index is -0.728. The van der Waals surface area contributed by atoms with E-state index in [1.807, 2.05) is 11.6 Å². The molecule has 0 aliphatic carbocycles. The van der Waals surface area contributed by atoms with E-state index in [2.05, 4.69) is 5.32 Å². The Morgan fingerprint density at radius 3 is 2.93 bits per heavy atom. The molecule has 1 amide bonds. The highest BCUT2D eigenvalue weighted by Crippen LogP contribution is 2.37. The molecule has 2 aromatic rings. The van der Waals surface area contributed by atoms with Crippen molar-refractivity contribution in [1.29, 1.82) is 0 Å². The fourth-order valence-electron chi connectivity index (χ4n) is 4.11. The molecule has 1 aromatic carbocycles. The Hall–Kier alpha value is -1.77. The minimum absolute atomic E-state index is 0.0215. The highest BCUT2D eigenvalue weighted by atomic mass is 35.5. The number of carbonyl (C=O) groups excluding carboxylic acids is 1. The van der Waals surface area contributed by atoms with Crippen LogP contribution >= 0.6 is 23.8 Å². The zero-order chi connectivity index (χ0) is 20.0. The molecule has 2 unspecified atom stereocenters. The van der Waals surface area contributed by atoms with Gasteiger partial charge in [-0.1, -0.05) is 11.6 Å². The van der Waals surface area contributed by atoms with Gasteiger partial charge in [0, 0.05) is 43.1 Å². The molecular formula is C19H20ClF2N3O2S. The number of hydrogen-bond acceptors (Lipinski definition) is 3. The van der Waals surface area contributed by atoms with Crippen molar-refractivity contribution in [2.75, 3.05) is 13.2 Å². The number of nitrogens with zero attached hydrogens (tertiary/aromatic N) is 2. The highest BCUT2D eigenvalue weighted by Gasteiger charge is 2.33. The minimum Gasteiger partial charge on any atom is -0.379 e. The largest absolute Gasteiger partial charge is 0.379 e. The molecule has 150 valence electrons. The highest BCUT2D eigenvalue weighted by molar-refractivity contribution is 7.71. The molecule has 2 atom stereocenters. The van der Waals surface area contributed by atoms with E-state index in [-0.39, 0.29) is 29.0 Å². The van der Waals surface area contributed by atoms with Crippen LogP contribution in [0.5, 0.6) is 0 Å². The number of carbonyl (C=O) groups is 1. The Morgan fingerprint density at radius 2 is 2.21 bits per heavy atom. The van der Waals surface area contributed by atoms with Crippen LogP contribution in [-0.2, 0) is 36.0 Å². The van der Waals surface area contributed by atoms with Crippen LogP contribution in [-0.4, -0.2) is 34.3 Å². The first kappa shape index (κ1) is 19.5. The summed E-state index contributed by atoms with van der Waals surface area (Å²) in [5.74, 6) is -1.87. The average molecular weight is 428 g/mol. The van der Waals surface area contributed by atoms with Gasteiger partial charge < -0.3 is 19.2 Å². The Morgan fingerprint density at radius 1 is 1.43 bits per heavy atom. The molecule has 2 aliphatic rings. The van der Waals surface area contributed by atoms with Crippen LogP contribution in [0.1, 0.15) is 29.3 Å². The first-order valence-electron chi connectivity index (χ1n) is 9.14. The molecule has 9 heteroatoms. The van der Waals surface area contributed by atoms with Crippen LogP contribution in [0.4, 0.5) is 8.78 Å². The summed E-state index contributed by atoms with van der Waals surface area (Å²) >= 11 is 11.3. The number of amides is 1. The number of rotatable bonds is 4. The van der Waals surface area contributed by atoms with Crippen molar-refractivity contribution >= 4 is 29.7 Å². The van der Waals surface area contributed by atoms with E-state index >= 15 is 0 Å². The third-order valence-electron chi connectivity index (χ3n) is 5.53. The molecule has 28 heavy (non-hydrogen) atoms. The molecule has 2 aliphatic heterocycles. The van der Waals surface area contributed by atoms with Gasteiger partial charge in [-0.3, -0.25) is 4.79 Å². The summed E-state index contributed by atoms with van der Waals surface area (Å²) in [4.78, 5) is 12.5. The molecule has 1 fully saturated rings. The summed E-state index contributed by atoms with van der Waals surface area (Å²) in [6.45, 7) is 1.52. The second kappa shape index (κ2) is 7.57. The van der Waals surface area contributed by atoms with Gasteiger partial charge in [0.25, 0.3) is 0 Å². The van der Waals surface area contributed by atoms with Crippen LogP contribution in [0.15, 0.2) is 12.1 Å². The van der Waals surface area contributed by atoms with E-state index in [4.69, 9.17) is 28.6 Å². The van der Waals surface area contributed by atoms with Crippen molar-refractivity contribution in [3.63, 3.8) is 0 Å². The summed E-state index contributed by atoms with van der Waals surface area (Å²) in [7, 11) is 1.81. The summed E-state index contributed by atoms with van der Waals surface area (Å²) in [6, 6.07) is 2.42. The number of fused-ring (bicyclic) bond motifs is 1. The van der Waals surface area contributed by atoms with Crippen LogP contribution in [0.25, 0.3) is 0 Å². The van der Waals surface area contributed by atoms with Gasteiger partial charge in [-0.25, -0.2) is 8.78 Å². The van der Waals surface area contributed by atoms with Crippen molar-refractivity contribution in [1.82, 2.24) is 14.5 Å². The summed E-state index contributed by atoms with van der Waals surface area (Å²) < 4.78 is 38.3. The van der Waals surface area contributed by atoms with Crippen molar-refractivity contribution in [2.45, 2.75) is 37.8 Å². The number of halogens is 3. The van der Waals surface area contributed by atoms with Gasteiger partial charge >= 0.3 is 0 Å². The molecule has 1 N–H and O–H groups in total. The van der Waals surface area contributed by atoms with Gasteiger partial charge in [0.2, 0.25) is 5.91 Å². The summed E-state index contributed by atoms with van der Waals surface area (Å²) in [6.07, 6.45) is 1.35. The number of benzene rings is 1. The molecule has 1 aromatic heterocycles. The SMILES string of the molecule is Cn1c(CC(=O)NC2CCOC2)c2n(c1=S)CC(c1c(F)ccc(Cl)c1F)C2. The van der Waals surface area contributed by atoms with E-state index in [1.165, 1.54) is 12.1 Å². The van der Waals surface area contributed by atoms with E-state index in [9.17, 15) is 13.6 Å². The number of hydrogen-bond donors (Lipinski definition) is 1. The molecule has 4 rings (SSSR count). The van der Waals surface area contributed by atoms with E-state index in [0.29, 0.717) is 31.0 Å². The maximum Gasteiger partial charge on any atom is 0.226 e. The zero-order valence-electron chi connectivity index (χ0n) is 15.3. The Balaban J connectivity index is 1.60. The fourth-order valence-corrected chi connectivity index (χ4v) is 4.57. The molecule has 0 radical (unpaired) electrons. The van der Waals surface area contributed by atoms with Crippen molar-refractivity contribution in [3.8, 4) is 0 Å². The maximum atomic E-state index is 14.5. The van der Waals surface area contributed by atoms with E-state index < -0.39 is 17.6 Å². The quantitative estimate of drug-likeness (QED) is 0.601. The van der Waals surface area contributed by atoms with Gasteiger partial charge in [0.05, 0.1) is 24.1 Å². The maximum absolute atomic E-state index is 14.5. The molecule has 0 saturated carbocycles. The Kier molecular flexibility index (Phi) is 5.28. The third-order valence-corrected chi connectivity index (χ3v) is 6.32. The standard InChI is InChI=1S/C19H20ClF2N3O2S/c1-24-14(7-16(26)23-11-4-5-27-9-11)15-6-10(8-25(15)19(24)28)17-13(21)3-2-12(20)18(17)22/h2-3,10-11H,4-9H2,1H3,(H,23,26). The predicted octanol–water partition coefficient (Wildman–Crippen LogP) is 3.28. The second-order valence-corrected chi connectivity index (χ2v) is 8.08. The second-order valence-electron chi connectivity index (χ2n) is 7.31. The molecule has 1 saturated heterocycles. The summed E-state index contributed by atoms with van der Waals surface area (Å²) in [5.41, 5.74) is 1.59. The summed E-state index contributed by atoms with van der Waals surface area (Å²) in [5, 5.41) is 2.86. The first-order chi connectivity index (χ1) is 13.4. The lowest BCUT2D eigenvalue weighted by Crippen LogP contribution is -2.36. The van der Waals surface area contributed by atoms with Crippen LogP contribution in [0.2, 0.25) is 5.02 Å². The zero-order valence-corrected chi connectivity index (χ0v) is 16.9. The monoisotopic (exact) mass is 427 g/mol. The van der Waals surface area contributed by atoms with Gasteiger partial charge in [0.15, 0.2) is 4.77 Å². The molecule has 0 spiro atoms. The number of aromatic nitrogens is 2. The van der Waals surface area contributed by atoms with Gasteiger partial charge in [-0.05, 0) is 37.2 Å². The lowest BCUT2D eigenvalue weighted by atomic mass is 9.95. The molecule has 3 heterocycles. The average Bonchev–Trinajstić information content (AvgIpc) is 3.35. The van der Waals surface area contributed by atoms with Gasteiger partial charge in [0.1, 0.15) is 11.6 Å². The van der Waals surface area contributed by atoms with Crippen LogP contribution < -0.4 is 5.32 Å². The van der Waals surface area contributed by atoms with Crippen molar-refractivity contribution in [3.05, 3.63) is 50.5 Å². The lowest BCUT2D eigenvalue weighted by Gasteiger charge is -2.14. The normalized spacial score (nSPS) is 21.1. The molecule has 5 nitrogen and oxygen atoms in total. The third kappa shape index (κ3) is 3.38. The lowest BCUT2D eigenvalue weighted by molar-refractivity contribution is -0.121. The topological polar surface area (TPSA) is 48.2 Å². The molecule has 0 bridgehead atoms. The fraction of sp³-hybridized carbons (Fsp3) is 0.474. The molecular weight excluding hydrogens is 408 g/mol. The first-order valence-corrected chi connectivity index (χ1v) is 9.93. The Labute approximate surface area is 171 Å². The predicted molar refractivity (Wildman–Crippen MR) is 103 cm³/mol. The van der Waals surface area contributed by atoms with Crippen molar-refractivity contribution in [2.24, 2.45) is 7.05 Å². The van der Waals surface area contributed by atoms with Gasteiger partial charge in [-0.15, -0.1) is 0 Å². The van der Waals surface area contributed by atoms with E-state index in [0.717, 1.165) is 17.8 Å². The smallest absolute Gasteiger partial charge is 0.226 e. The Bertz CT molecular complexity index is 998.